The van der Waals surface area contributed by atoms with Gasteiger partial charge in [-0.15, -0.1) is 10.2 Å². The summed E-state index contributed by atoms with van der Waals surface area (Å²) >= 11 is 1.17. The van der Waals surface area contributed by atoms with Crippen molar-refractivity contribution in [1.29, 1.82) is 0 Å². The number of anilines is 1. The van der Waals surface area contributed by atoms with Gasteiger partial charge in [-0.2, -0.15) is 0 Å². The van der Waals surface area contributed by atoms with Crippen LogP contribution in [0.2, 0.25) is 0 Å². The van der Waals surface area contributed by atoms with E-state index in [4.69, 9.17) is 13.9 Å². The van der Waals surface area contributed by atoms with E-state index in [1.165, 1.54) is 11.8 Å². The first-order chi connectivity index (χ1) is 12.7. The Hall–Kier alpha value is -3.00. The summed E-state index contributed by atoms with van der Waals surface area (Å²) in [6.45, 7) is 0. The van der Waals surface area contributed by atoms with Crippen LogP contribution in [0.25, 0.3) is 11.5 Å². The summed E-state index contributed by atoms with van der Waals surface area (Å²) < 4.78 is 15.8. The highest BCUT2D eigenvalue weighted by molar-refractivity contribution is 7.99. The SMILES string of the molecule is COc1ccc(-c2nnc(SCC(=O)Nc3cccc(OC)c3)o2)cc1. The molecule has 3 rings (SSSR count). The predicted octanol–water partition coefficient (Wildman–Crippen LogP) is 3.48. The maximum Gasteiger partial charge on any atom is 0.277 e. The molecule has 3 aromatic rings. The Balaban J connectivity index is 1.56. The van der Waals surface area contributed by atoms with Gasteiger partial charge in [0.2, 0.25) is 11.8 Å². The second-order valence-electron chi connectivity index (χ2n) is 5.17. The van der Waals surface area contributed by atoms with E-state index in [1.807, 2.05) is 30.3 Å². The zero-order chi connectivity index (χ0) is 18.4. The average molecular weight is 371 g/mol. The molecule has 0 atom stereocenters. The molecule has 0 fully saturated rings. The average Bonchev–Trinajstić information content (AvgIpc) is 3.15. The maximum absolute atomic E-state index is 12.1. The first-order valence-corrected chi connectivity index (χ1v) is 8.71. The summed E-state index contributed by atoms with van der Waals surface area (Å²) in [5, 5.41) is 11.1. The number of nitrogens with one attached hydrogen (secondary N) is 1. The number of thioether (sulfide) groups is 1. The number of nitrogens with zero attached hydrogens (tertiary/aromatic N) is 2. The van der Waals surface area contributed by atoms with Crippen molar-refractivity contribution in [2.24, 2.45) is 0 Å². The number of carbonyl (C=O) groups excluding carboxylic acids is 1. The van der Waals surface area contributed by atoms with Crippen LogP contribution in [0.1, 0.15) is 0 Å². The third-order valence-electron chi connectivity index (χ3n) is 3.42. The van der Waals surface area contributed by atoms with Crippen molar-refractivity contribution >= 4 is 23.4 Å². The molecule has 1 heterocycles. The van der Waals surface area contributed by atoms with Crippen molar-refractivity contribution in [2.75, 3.05) is 25.3 Å². The number of rotatable bonds is 7. The van der Waals surface area contributed by atoms with Gasteiger partial charge in [-0.3, -0.25) is 4.79 Å². The fraction of sp³-hybridized carbons (Fsp3) is 0.167. The predicted molar refractivity (Wildman–Crippen MR) is 98.6 cm³/mol. The van der Waals surface area contributed by atoms with E-state index < -0.39 is 0 Å². The van der Waals surface area contributed by atoms with Crippen molar-refractivity contribution in [3.05, 3.63) is 48.5 Å². The summed E-state index contributed by atoms with van der Waals surface area (Å²) in [5.74, 6) is 1.80. The molecule has 1 aromatic heterocycles. The Morgan fingerprint density at radius 1 is 1.08 bits per heavy atom. The molecular formula is C18H17N3O4S. The van der Waals surface area contributed by atoms with E-state index in [0.29, 0.717) is 22.6 Å². The summed E-state index contributed by atoms with van der Waals surface area (Å²) in [6, 6.07) is 14.4. The molecule has 0 aliphatic heterocycles. The first-order valence-electron chi connectivity index (χ1n) is 7.72. The number of hydrogen-bond donors (Lipinski definition) is 1. The van der Waals surface area contributed by atoms with Gasteiger partial charge in [-0.1, -0.05) is 17.8 Å². The molecule has 0 saturated carbocycles. The largest absolute Gasteiger partial charge is 0.497 e. The molecule has 2 aromatic carbocycles. The van der Waals surface area contributed by atoms with Gasteiger partial charge >= 0.3 is 0 Å². The van der Waals surface area contributed by atoms with Crippen LogP contribution in [-0.4, -0.2) is 36.1 Å². The Bertz CT molecular complexity index is 880. The van der Waals surface area contributed by atoms with Gasteiger partial charge in [0, 0.05) is 17.3 Å². The Labute approximate surface area is 154 Å². The molecule has 0 radical (unpaired) electrons. The fourth-order valence-electron chi connectivity index (χ4n) is 2.14. The van der Waals surface area contributed by atoms with E-state index in [-0.39, 0.29) is 11.7 Å². The van der Waals surface area contributed by atoms with E-state index >= 15 is 0 Å². The van der Waals surface area contributed by atoms with Gasteiger partial charge < -0.3 is 19.2 Å². The standard InChI is InChI=1S/C18H17N3O4S/c1-23-14-8-6-12(7-9-14)17-20-21-18(25-17)26-11-16(22)19-13-4-3-5-15(10-13)24-2/h3-10H,11H2,1-2H3,(H,19,22). The van der Waals surface area contributed by atoms with Crippen LogP contribution in [0.5, 0.6) is 11.5 Å². The number of hydrogen-bond acceptors (Lipinski definition) is 7. The molecule has 0 unspecified atom stereocenters. The normalized spacial score (nSPS) is 10.4. The Kier molecular flexibility index (Phi) is 5.75. The lowest BCUT2D eigenvalue weighted by molar-refractivity contribution is -0.113. The number of aromatic nitrogens is 2. The molecule has 0 aliphatic carbocycles. The van der Waals surface area contributed by atoms with Gasteiger partial charge in [0.15, 0.2) is 0 Å². The quantitative estimate of drug-likeness (QED) is 0.636. The first kappa shape index (κ1) is 17.8. The minimum atomic E-state index is -0.174. The number of benzene rings is 2. The second kappa shape index (κ2) is 8.39. The molecule has 8 heteroatoms. The van der Waals surface area contributed by atoms with Crippen LogP contribution in [0.3, 0.4) is 0 Å². The maximum atomic E-state index is 12.1. The number of amides is 1. The summed E-state index contributed by atoms with van der Waals surface area (Å²) in [6.07, 6.45) is 0. The fourth-order valence-corrected chi connectivity index (χ4v) is 2.71. The number of ether oxygens (including phenoxy) is 2. The smallest absolute Gasteiger partial charge is 0.277 e. The minimum Gasteiger partial charge on any atom is -0.497 e. The van der Waals surface area contributed by atoms with E-state index in [0.717, 1.165) is 11.3 Å². The summed E-state index contributed by atoms with van der Waals surface area (Å²) in [5.41, 5.74) is 1.45. The van der Waals surface area contributed by atoms with Gasteiger partial charge in [-0.25, -0.2) is 0 Å². The van der Waals surface area contributed by atoms with Crippen LogP contribution in [-0.2, 0) is 4.79 Å². The van der Waals surface area contributed by atoms with Crippen LogP contribution in [0.4, 0.5) is 5.69 Å². The highest BCUT2D eigenvalue weighted by Crippen LogP contribution is 2.25. The highest BCUT2D eigenvalue weighted by atomic mass is 32.2. The summed E-state index contributed by atoms with van der Waals surface area (Å²) in [7, 11) is 3.18. The lowest BCUT2D eigenvalue weighted by Crippen LogP contribution is -2.13. The topological polar surface area (TPSA) is 86.5 Å². The van der Waals surface area contributed by atoms with Crippen LogP contribution < -0.4 is 14.8 Å². The minimum absolute atomic E-state index is 0.154. The van der Waals surface area contributed by atoms with E-state index in [1.54, 1.807) is 32.4 Å². The molecule has 0 aliphatic rings. The van der Waals surface area contributed by atoms with Crippen LogP contribution >= 0.6 is 11.8 Å². The Morgan fingerprint density at radius 2 is 1.85 bits per heavy atom. The van der Waals surface area contributed by atoms with Crippen molar-refractivity contribution in [2.45, 2.75) is 5.22 Å². The molecular weight excluding hydrogens is 354 g/mol. The zero-order valence-electron chi connectivity index (χ0n) is 14.3. The molecule has 0 bridgehead atoms. The number of carbonyl (C=O) groups is 1. The van der Waals surface area contributed by atoms with E-state index in [9.17, 15) is 4.79 Å². The Morgan fingerprint density at radius 3 is 2.58 bits per heavy atom. The zero-order valence-corrected chi connectivity index (χ0v) is 15.1. The van der Waals surface area contributed by atoms with Crippen LogP contribution in [0, 0.1) is 0 Å². The lowest BCUT2D eigenvalue weighted by atomic mass is 10.2. The lowest BCUT2D eigenvalue weighted by Gasteiger charge is -2.05. The number of methoxy groups -OCH3 is 2. The highest BCUT2D eigenvalue weighted by Gasteiger charge is 2.11. The monoisotopic (exact) mass is 371 g/mol. The van der Waals surface area contributed by atoms with Gasteiger partial charge in [0.1, 0.15) is 11.5 Å². The van der Waals surface area contributed by atoms with Gasteiger partial charge in [-0.05, 0) is 36.4 Å². The molecule has 0 saturated heterocycles. The molecule has 1 N–H and O–H groups in total. The third-order valence-corrected chi connectivity index (χ3v) is 4.24. The van der Waals surface area contributed by atoms with Crippen molar-refractivity contribution in [1.82, 2.24) is 10.2 Å². The van der Waals surface area contributed by atoms with Crippen LogP contribution in [0.15, 0.2) is 58.2 Å². The molecule has 0 spiro atoms. The van der Waals surface area contributed by atoms with Crippen molar-refractivity contribution < 1.29 is 18.7 Å². The molecule has 134 valence electrons. The van der Waals surface area contributed by atoms with Gasteiger partial charge in [0.05, 0.1) is 20.0 Å². The summed E-state index contributed by atoms with van der Waals surface area (Å²) in [4.78, 5) is 12.1. The van der Waals surface area contributed by atoms with E-state index in [2.05, 4.69) is 15.5 Å². The second-order valence-corrected chi connectivity index (χ2v) is 6.10. The van der Waals surface area contributed by atoms with Crippen molar-refractivity contribution in [3.63, 3.8) is 0 Å². The third kappa shape index (κ3) is 4.54. The van der Waals surface area contributed by atoms with Gasteiger partial charge in [0.25, 0.3) is 5.22 Å². The molecule has 26 heavy (non-hydrogen) atoms. The van der Waals surface area contributed by atoms with Crippen molar-refractivity contribution in [3.8, 4) is 23.0 Å². The molecule has 1 amide bonds. The molecule has 7 nitrogen and oxygen atoms in total.